The van der Waals surface area contributed by atoms with E-state index in [9.17, 15) is 24.3 Å². The molecule has 2 amide bonds. The number of aromatic hydroxyl groups is 1. The molecular weight excluding hydrogens is 488 g/mol. The van der Waals surface area contributed by atoms with Gasteiger partial charge in [-0.1, -0.05) is 30.3 Å². The van der Waals surface area contributed by atoms with Gasteiger partial charge in [0.25, 0.3) is 0 Å². The number of benzene rings is 2. The monoisotopic (exact) mass is 516 g/mol. The van der Waals surface area contributed by atoms with Gasteiger partial charge >= 0.3 is 11.4 Å². The summed E-state index contributed by atoms with van der Waals surface area (Å²) in [7, 11) is 1.43. The minimum Gasteiger partial charge on any atom is -0.504 e. The average molecular weight is 517 g/mol. The van der Waals surface area contributed by atoms with Crippen LogP contribution in [0.3, 0.4) is 0 Å². The molecule has 38 heavy (non-hydrogen) atoms. The van der Waals surface area contributed by atoms with Crippen LogP contribution in [0.1, 0.15) is 37.8 Å². The number of rotatable bonds is 4. The lowest BCUT2D eigenvalue weighted by Crippen LogP contribution is -2.49. The first-order valence-electron chi connectivity index (χ1n) is 12.7. The van der Waals surface area contributed by atoms with Crippen molar-refractivity contribution >= 4 is 17.5 Å². The number of para-hydroxylation sites is 1. The number of nitrogens with zero attached hydrogens (tertiary/aromatic N) is 4. The molecule has 2 aliphatic heterocycles. The molecule has 3 aromatic rings. The molecule has 4 atom stereocenters. The predicted octanol–water partition coefficient (Wildman–Crippen LogP) is 2.32. The number of carbonyl (C=O) groups is 2. The van der Waals surface area contributed by atoms with Crippen LogP contribution in [-0.4, -0.2) is 37.5 Å². The van der Waals surface area contributed by atoms with Crippen LogP contribution in [0.15, 0.2) is 69.8 Å². The molecule has 3 heterocycles. The zero-order valence-electron chi connectivity index (χ0n) is 21.3. The second-order valence-corrected chi connectivity index (χ2v) is 10.2. The SMILES string of the molecule is CCOc1cc([C@H]2C3=CCn4c(=O)n(C)c(=O)n4[C@@H]3C[C@H]3C(=O)N(c4ccccc4)C(=O)[C@@]23C)ccc1O. The van der Waals surface area contributed by atoms with Crippen molar-refractivity contribution in [3.8, 4) is 11.5 Å². The minimum atomic E-state index is -1.17. The number of phenols is 1. The smallest absolute Gasteiger partial charge is 0.347 e. The van der Waals surface area contributed by atoms with Gasteiger partial charge in [-0.05, 0) is 55.7 Å². The lowest BCUT2D eigenvalue weighted by molar-refractivity contribution is -0.129. The maximum Gasteiger partial charge on any atom is 0.347 e. The standard InChI is InChI=1S/C28H28N4O6/c1-4-38-22-14-16(10-11-21(22)33)23-18-12-13-30-26(36)29(3)27(37)32(30)20(18)15-19-24(34)31(25(35)28(19,23)2)17-8-6-5-7-9-17/h5-12,14,19-20,23,33H,4,13,15H2,1-3H3/t19-,20+,23-,28+/m0/s1. The molecule has 1 N–H and O–H groups in total. The molecule has 196 valence electrons. The number of aromatic nitrogens is 3. The van der Waals surface area contributed by atoms with Crippen LogP contribution in [0.25, 0.3) is 0 Å². The van der Waals surface area contributed by atoms with Crippen molar-refractivity contribution in [1.29, 1.82) is 0 Å². The van der Waals surface area contributed by atoms with E-state index in [2.05, 4.69) is 0 Å². The fourth-order valence-electron chi connectivity index (χ4n) is 6.57. The predicted molar refractivity (Wildman–Crippen MR) is 138 cm³/mol. The van der Waals surface area contributed by atoms with Crippen molar-refractivity contribution < 1.29 is 19.4 Å². The number of phenolic OH excluding ortho intramolecular Hbond substituents is 1. The zero-order chi connectivity index (χ0) is 26.9. The highest BCUT2D eigenvalue weighted by atomic mass is 16.5. The van der Waals surface area contributed by atoms with E-state index in [1.807, 2.05) is 26.0 Å². The summed E-state index contributed by atoms with van der Waals surface area (Å²) in [6, 6.07) is 13.2. The molecule has 1 aliphatic carbocycles. The van der Waals surface area contributed by atoms with Crippen LogP contribution in [0, 0.1) is 11.3 Å². The number of hydrogen-bond acceptors (Lipinski definition) is 6. The Hall–Kier alpha value is -4.34. The minimum absolute atomic E-state index is 0.0323. The molecule has 0 bridgehead atoms. The Morgan fingerprint density at radius 2 is 1.79 bits per heavy atom. The van der Waals surface area contributed by atoms with Gasteiger partial charge in [0.05, 0.1) is 36.2 Å². The second kappa shape index (κ2) is 8.34. The van der Waals surface area contributed by atoms with Gasteiger partial charge in [0.15, 0.2) is 11.5 Å². The summed E-state index contributed by atoms with van der Waals surface area (Å²) in [5.74, 6) is -1.77. The highest BCUT2D eigenvalue weighted by Gasteiger charge is 2.65. The first kappa shape index (κ1) is 24.0. The fourth-order valence-corrected chi connectivity index (χ4v) is 6.57. The van der Waals surface area contributed by atoms with Crippen LogP contribution in [0.5, 0.6) is 11.5 Å². The van der Waals surface area contributed by atoms with Crippen molar-refractivity contribution in [3.05, 3.63) is 86.7 Å². The van der Waals surface area contributed by atoms with Crippen LogP contribution in [-0.2, 0) is 23.2 Å². The molecule has 1 saturated heterocycles. The Morgan fingerprint density at radius 3 is 2.50 bits per heavy atom. The molecule has 6 rings (SSSR count). The van der Waals surface area contributed by atoms with E-state index in [0.717, 1.165) is 10.1 Å². The Balaban J connectivity index is 1.59. The second-order valence-electron chi connectivity index (χ2n) is 10.2. The first-order valence-corrected chi connectivity index (χ1v) is 12.7. The summed E-state index contributed by atoms with van der Waals surface area (Å²) >= 11 is 0. The molecule has 1 aromatic heterocycles. The number of ether oxygens (including phenoxy) is 1. The molecule has 0 spiro atoms. The summed E-state index contributed by atoms with van der Waals surface area (Å²) in [5.41, 5.74) is -0.102. The lowest BCUT2D eigenvalue weighted by atomic mass is 9.56. The van der Waals surface area contributed by atoms with Crippen molar-refractivity contribution in [2.75, 3.05) is 11.5 Å². The fraction of sp³-hybridized carbons (Fsp3) is 0.357. The van der Waals surface area contributed by atoms with Crippen LogP contribution in [0.2, 0.25) is 0 Å². The van der Waals surface area contributed by atoms with Gasteiger partial charge in [0.1, 0.15) is 0 Å². The normalized spacial score (nSPS) is 26.0. The maximum absolute atomic E-state index is 14.2. The third-order valence-electron chi connectivity index (χ3n) is 8.36. The third kappa shape index (κ3) is 3.06. The van der Waals surface area contributed by atoms with Crippen molar-refractivity contribution in [3.63, 3.8) is 0 Å². The lowest BCUT2D eigenvalue weighted by Gasteiger charge is -2.47. The van der Waals surface area contributed by atoms with Gasteiger partial charge in [0, 0.05) is 13.0 Å². The molecule has 10 nitrogen and oxygen atoms in total. The van der Waals surface area contributed by atoms with Gasteiger partial charge < -0.3 is 9.84 Å². The molecule has 10 heteroatoms. The van der Waals surface area contributed by atoms with Gasteiger partial charge in [-0.25, -0.2) is 28.4 Å². The number of hydrogen-bond donors (Lipinski definition) is 1. The molecule has 2 fully saturated rings. The van der Waals surface area contributed by atoms with E-state index in [4.69, 9.17) is 4.74 Å². The number of carbonyl (C=O) groups excluding carboxylic acids is 2. The third-order valence-corrected chi connectivity index (χ3v) is 8.36. The van der Waals surface area contributed by atoms with Crippen molar-refractivity contribution in [2.45, 2.75) is 38.8 Å². The quantitative estimate of drug-likeness (QED) is 0.420. The molecule has 0 radical (unpaired) electrons. The van der Waals surface area contributed by atoms with Gasteiger partial charge in [-0.2, -0.15) is 0 Å². The summed E-state index contributed by atoms with van der Waals surface area (Å²) in [6.45, 7) is 4.11. The highest BCUT2D eigenvalue weighted by molar-refractivity contribution is 6.24. The van der Waals surface area contributed by atoms with E-state index < -0.39 is 34.7 Å². The first-order chi connectivity index (χ1) is 18.2. The summed E-state index contributed by atoms with van der Waals surface area (Å²) < 4.78 is 9.52. The topological polar surface area (TPSA) is 116 Å². The number of allylic oxidation sites excluding steroid dienone is 2. The largest absolute Gasteiger partial charge is 0.504 e. The summed E-state index contributed by atoms with van der Waals surface area (Å²) in [6.07, 6.45) is 2.10. The Bertz CT molecular complexity index is 1630. The average Bonchev–Trinajstić information content (AvgIpc) is 3.25. The van der Waals surface area contributed by atoms with Gasteiger partial charge in [-0.15, -0.1) is 0 Å². The van der Waals surface area contributed by atoms with Crippen LogP contribution in [0.4, 0.5) is 5.69 Å². The molecule has 0 unspecified atom stereocenters. The Kier molecular flexibility index (Phi) is 5.27. The Morgan fingerprint density at radius 1 is 1.05 bits per heavy atom. The van der Waals surface area contributed by atoms with E-state index in [1.165, 1.54) is 27.4 Å². The van der Waals surface area contributed by atoms with E-state index in [0.29, 0.717) is 17.9 Å². The van der Waals surface area contributed by atoms with Crippen molar-refractivity contribution in [1.82, 2.24) is 13.9 Å². The van der Waals surface area contributed by atoms with Crippen molar-refractivity contribution in [2.24, 2.45) is 18.4 Å². The Labute approximate surface area is 218 Å². The van der Waals surface area contributed by atoms with Crippen LogP contribution >= 0.6 is 0 Å². The molecular formula is C28H28N4O6. The number of anilines is 1. The maximum atomic E-state index is 14.2. The highest BCUT2D eigenvalue weighted by Crippen LogP contribution is 2.61. The van der Waals surface area contributed by atoms with E-state index in [-0.39, 0.29) is 36.3 Å². The zero-order valence-corrected chi connectivity index (χ0v) is 21.3. The summed E-state index contributed by atoms with van der Waals surface area (Å²) in [4.78, 5) is 55.4. The number of amides is 2. The summed E-state index contributed by atoms with van der Waals surface area (Å²) in [5, 5.41) is 10.4. The number of imide groups is 1. The van der Waals surface area contributed by atoms with E-state index >= 15 is 0 Å². The molecule has 1 saturated carbocycles. The van der Waals surface area contributed by atoms with Gasteiger partial charge in [0.2, 0.25) is 11.8 Å². The van der Waals surface area contributed by atoms with Gasteiger partial charge in [-0.3, -0.25) is 9.59 Å². The molecule has 3 aliphatic rings. The van der Waals surface area contributed by atoms with Crippen LogP contribution < -0.4 is 21.0 Å². The molecule has 2 aromatic carbocycles. The van der Waals surface area contributed by atoms with E-state index in [1.54, 1.807) is 36.4 Å². The number of fused-ring (bicyclic) bond motifs is 4.